The number of hydrogen-bond acceptors (Lipinski definition) is 3. The fourth-order valence-electron chi connectivity index (χ4n) is 3.42. The molecule has 0 atom stereocenters. The second-order valence-electron chi connectivity index (χ2n) is 6.99. The molecule has 2 aromatic heterocycles. The van der Waals surface area contributed by atoms with E-state index in [1.165, 1.54) is 5.56 Å². The molecule has 0 saturated heterocycles. The van der Waals surface area contributed by atoms with Crippen LogP contribution in [0, 0.1) is 6.92 Å². The number of carbonyl (C=O) groups is 1. The molecule has 3 aromatic carbocycles. The molecular weight excluding hydrogens is 360 g/mol. The molecule has 29 heavy (non-hydrogen) atoms. The maximum absolute atomic E-state index is 13.1. The first kappa shape index (κ1) is 17.1. The van der Waals surface area contributed by atoms with Gasteiger partial charge in [0.1, 0.15) is 0 Å². The van der Waals surface area contributed by atoms with Gasteiger partial charge in [0.2, 0.25) is 5.95 Å². The summed E-state index contributed by atoms with van der Waals surface area (Å²) in [6.07, 6.45) is 0. The van der Waals surface area contributed by atoms with Crippen molar-refractivity contribution in [1.82, 2.24) is 15.0 Å². The minimum absolute atomic E-state index is 0.226. The first-order valence-corrected chi connectivity index (χ1v) is 9.40. The van der Waals surface area contributed by atoms with Gasteiger partial charge in [-0.2, -0.15) is 0 Å². The summed E-state index contributed by atoms with van der Waals surface area (Å²) in [7, 11) is 0. The summed E-state index contributed by atoms with van der Waals surface area (Å²) in [6, 6.07) is 25.3. The number of nitrogens with one attached hydrogen (secondary N) is 2. The third kappa shape index (κ3) is 3.23. The SMILES string of the molecule is Cc1ccc(-c2cc(C(=O)Nc3nc4ccccc4[nH]3)c3ccccc3n2)cc1. The number of aryl methyl sites for hydroxylation is 1. The van der Waals surface area contributed by atoms with E-state index in [-0.39, 0.29) is 5.91 Å². The van der Waals surface area contributed by atoms with Gasteiger partial charge in [0.05, 0.1) is 27.8 Å². The molecule has 5 heteroatoms. The molecule has 0 spiro atoms. The van der Waals surface area contributed by atoms with E-state index in [9.17, 15) is 4.79 Å². The standard InChI is InChI=1S/C24H18N4O/c1-15-10-12-16(13-11-15)22-14-18(17-6-2-3-7-19(17)25-22)23(29)28-24-26-20-8-4-5-9-21(20)27-24/h2-14H,1H3,(H2,26,27,28,29). The Morgan fingerprint density at radius 1 is 0.862 bits per heavy atom. The third-order valence-electron chi connectivity index (χ3n) is 4.93. The number of imidazole rings is 1. The number of rotatable bonds is 3. The zero-order valence-electron chi connectivity index (χ0n) is 15.8. The maximum atomic E-state index is 13.1. The van der Waals surface area contributed by atoms with Gasteiger partial charge in [-0.3, -0.25) is 10.1 Å². The number of hydrogen-bond donors (Lipinski definition) is 2. The van der Waals surface area contributed by atoms with Crippen molar-refractivity contribution in [1.29, 1.82) is 0 Å². The topological polar surface area (TPSA) is 70.7 Å². The van der Waals surface area contributed by atoms with E-state index in [1.807, 2.05) is 85.8 Å². The number of pyridine rings is 1. The van der Waals surface area contributed by atoms with Crippen molar-refractivity contribution in [2.75, 3.05) is 5.32 Å². The molecule has 5 nitrogen and oxygen atoms in total. The Kier molecular flexibility index (Phi) is 4.06. The molecule has 5 rings (SSSR count). The van der Waals surface area contributed by atoms with Gasteiger partial charge in [-0.1, -0.05) is 60.2 Å². The highest BCUT2D eigenvalue weighted by Gasteiger charge is 2.15. The zero-order valence-corrected chi connectivity index (χ0v) is 15.8. The van der Waals surface area contributed by atoms with Crippen LogP contribution in [0.2, 0.25) is 0 Å². The number of amides is 1. The lowest BCUT2D eigenvalue weighted by atomic mass is 10.0. The lowest BCUT2D eigenvalue weighted by Gasteiger charge is -2.10. The van der Waals surface area contributed by atoms with E-state index >= 15 is 0 Å². The summed E-state index contributed by atoms with van der Waals surface area (Å²) in [6.45, 7) is 2.05. The Hall–Kier alpha value is -3.99. The number of carbonyl (C=O) groups excluding carboxylic acids is 1. The Balaban J connectivity index is 1.58. The Labute approximate surface area is 167 Å². The molecule has 0 fully saturated rings. The van der Waals surface area contributed by atoms with Crippen LogP contribution in [0.15, 0.2) is 78.9 Å². The van der Waals surface area contributed by atoms with Crippen molar-refractivity contribution >= 4 is 33.8 Å². The van der Waals surface area contributed by atoms with Gasteiger partial charge in [-0.15, -0.1) is 0 Å². The average Bonchev–Trinajstić information content (AvgIpc) is 3.15. The minimum Gasteiger partial charge on any atom is -0.324 e. The predicted octanol–water partition coefficient (Wildman–Crippen LogP) is 5.34. The van der Waals surface area contributed by atoms with Crippen molar-refractivity contribution in [3.05, 3.63) is 90.0 Å². The predicted molar refractivity (Wildman–Crippen MR) is 116 cm³/mol. The molecule has 0 aliphatic rings. The fourth-order valence-corrected chi connectivity index (χ4v) is 3.42. The largest absolute Gasteiger partial charge is 0.324 e. The molecule has 2 N–H and O–H groups in total. The quantitative estimate of drug-likeness (QED) is 0.445. The number of aromatic amines is 1. The van der Waals surface area contributed by atoms with Crippen LogP contribution in [0.25, 0.3) is 33.2 Å². The molecular formula is C24H18N4O. The van der Waals surface area contributed by atoms with E-state index in [4.69, 9.17) is 4.98 Å². The van der Waals surface area contributed by atoms with Crippen LogP contribution >= 0.6 is 0 Å². The molecule has 0 radical (unpaired) electrons. The second-order valence-corrected chi connectivity index (χ2v) is 6.99. The van der Waals surface area contributed by atoms with E-state index in [0.29, 0.717) is 11.5 Å². The van der Waals surface area contributed by atoms with E-state index in [0.717, 1.165) is 33.2 Å². The molecule has 5 aromatic rings. The highest BCUT2D eigenvalue weighted by atomic mass is 16.1. The molecule has 0 aliphatic heterocycles. The Morgan fingerprint density at radius 3 is 2.38 bits per heavy atom. The van der Waals surface area contributed by atoms with Gasteiger partial charge in [0, 0.05) is 10.9 Å². The monoisotopic (exact) mass is 378 g/mol. The van der Waals surface area contributed by atoms with Crippen molar-refractivity contribution in [3.8, 4) is 11.3 Å². The van der Waals surface area contributed by atoms with E-state index in [1.54, 1.807) is 0 Å². The normalized spacial score (nSPS) is 11.1. The number of nitrogens with zero attached hydrogens (tertiary/aromatic N) is 2. The van der Waals surface area contributed by atoms with Gasteiger partial charge in [-0.25, -0.2) is 9.97 Å². The summed E-state index contributed by atoms with van der Waals surface area (Å²) in [5, 5.41) is 3.70. The van der Waals surface area contributed by atoms with Crippen molar-refractivity contribution in [3.63, 3.8) is 0 Å². The van der Waals surface area contributed by atoms with Crippen LogP contribution < -0.4 is 5.32 Å². The van der Waals surface area contributed by atoms with Crippen molar-refractivity contribution in [2.45, 2.75) is 6.92 Å². The smallest absolute Gasteiger partial charge is 0.258 e. The average molecular weight is 378 g/mol. The summed E-state index contributed by atoms with van der Waals surface area (Å²) < 4.78 is 0. The second kappa shape index (κ2) is 6.87. The number of para-hydroxylation sites is 3. The number of anilines is 1. The van der Waals surface area contributed by atoms with Crippen molar-refractivity contribution in [2.24, 2.45) is 0 Å². The molecule has 2 heterocycles. The van der Waals surface area contributed by atoms with Crippen molar-refractivity contribution < 1.29 is 4.79 Å². The molecule has 0 saturated carbocycles. The van der Waals surface area contributed by atoms with Gasteiger partial charge in [0.15, 0.2) is 0 Å². The molecule has 0 bridgehead atoms. The van der Waals surface area contributed by atoms with Crippen LogP contribution in [0.5, 0.6) is 0 Å². The van der Waals surface area contributed by atoms with Crippen LogP contribution in [-0.4, -0.2) is 20.9 Å². The van der Waals surface area contributed by atoms with Gasteiger partial charge in [0.25, 0.3) is 5.91 Å². The zero-order chi connectivity index (χ0) is 19.8. The minimum atomic E-state index is -0.226. The highest BCUT2D eigenvalue weighted by molar-refractivity contribution is 6.12. The first-order valence-electron chi connectivity index (χ1n) is 9.40. The summed E-state index contributed by atoms with van der Waals surface area (Å²) in [4.78, 5) is 25.5. The molecule has 1 amide bonds. The Bertz CT molecular complexity index is 1320. The van der Waals surface area contributed by atoms with Crippen LogP contribution in [0.1, 0.15) is 15.9 Å². The lowest BCUT2D eigenvalue weighted by Crippen LogP contribution is -2.14. The fraction of sp³-hybridized carbons (Fsp3) is 0.0417. The first-order chi connectivity index (χ1) is 14.2. The van der Waals surface area contributed by atoms with Crippen LogP contribution in [0.3, 0.4) is 0 Å². The van der Waals surface area contributed by atoms with E-state index in [2.05, 4.69) is 15.3 Å². The summed E-state index contributed by atoms with van der Waals surface area (Å²) in [5.74, 6) is 0.199. The maximum Gasteiger partial charge on any atom is 0.258 e. The van der Waals surface area contributed by atoms with Crippen LogP contribution in [-0.2, 0) is 0 Å². The molecule has 140 valence electrons. The third-order valence-corrected chi connectivity index (χ3v) is 4.93. The summed E-state index contributed by atoms with van der Waals surface area (Å²) >= 11 is 0. The highest BCUT2D eigenvalue weighted by Crippen LogP contribution is 2.26. The Morgan fingerprint density at radius 2 is 1.59 bits per heavy atom. The molecule has 0 unspecified atom stereocenters. The van der Waals surface area contributed by atoms with E-state index < -0.39 is 0 Å². The van der Waals surface area contributed by atoms with Crippen LogP contribution in [0.4, 0.5) is 5.95 Å². The lowest BCUT2D eigenvalue weighted by molar-refractivity contribution is 0.102. The van der Waals surface area contributed by atoms with Gasteiger partial charge >= 0.3 is 0 Å². The number of benzene rings is 3. The van der Waals surface area contributed by atoms with Gasteiger partial charge in [-0.05, 0) is 31.2 Å². The molecule has 0 aliphatic carbocycles. The number of aromatic nitrogens is 3. The number of fused-ring (bicyclic) bond motifs is 2. The number of H-pyrrole nitrogens is 1. The summed E-state index contributed by atoms with van der Waals surface area (Å²) in [5.41, 5.74) is 5.94. The van der Waals surface area contributed by atoms with Gasteiger partial charge < -0.3 is 4.98 Å².